The highest BCUT2D eigenvalue weighted by atomic mass is 19.4. The topological polar surface area (TPSA) is 32.6 Å². The maximum absolute atomic E-state index is 12.2. The lowest BCUT2D eigenvalue weighted by Gasteiger charge is -2.08. The number of oxime groups is 1. The van der Waals surface area contributed by atoms with Crippen LogP contribution in [0.3, 0.4) is 0 Å². The largest absolute Gasteiger partial charge is 0.417 e. The first kappa shape index (κ1) is 9.57. The maximum atomic E-state index is 12.2. The summed E-state index contributed by atoms with van der Waals surface area (Å²) in [4.78, 5) is 0. The zero-order chi connectivity index (χ0) is 9.90. The SMILES string of the molecule is ON=Cc1ccccc1C(F)(F)F. The van der Waals surface area contributed by atoms with Crippen LogP contribution in [-0.4, -0.2) is 11.4 Å². The molecule has 1 N–H and O–H groups in total. The summed E-state index contributed by atoms with van der Waals surface area (Å²) in [5, 5.41) is 10.7. The average Bonchev–Trinajstić information content (AvgIpc) is 2.04. The fourth-order valence-electron chi connectivity index (χ4n) is 0.930. The Balaban J connectivity index is 3.20. The summed E-state index contributed by atoms with van der Waals surface area (Å²) in [6, 6.07) is 4.86. The van der Waals surface area contributed by atoms with E-state index >= 15 is 0 Å². The van der Waals surface area contributed by atoms with E-state index in [1.54, 1.807) is 0 Å². The molecule has 0 heterocycles. The van der Waals surface area contributed by atoms with Crippen molar-refractivity contribution in [2.75, 3.05) is 0 Å². The molecule has 1 rings (SSSR count). The Morgan fingerprint density at radius 3 is 2.38 bits per heavy atom. The third-order valence-electron chi connectivity index (χ3n) is 1.46. The first-order chi connectivity index (χ1) is 6.05. The van der Waals surface area contributed by atoms with Crippen LogP contribution < -0.4 is 0 Å². The third-order valence-corrected chi connectivity index (χ3v) is 1.46. The smallest absolute Gasteiger partial charge is 0.411 e. The van der Waals surface area contributed by atoms with Crippen LogP contribution >= 0.6 is 0 Å². The summed E-state index contributed by atoms with van der Waals surface area (Å²) in [6.07, 6.45) is -3.67. The molecule has 0 aliphatic carbocycles. The fraction of sp³-hybridized carbons (Fsp3) is 0.125. The molecule has 0 aliphatic heterocycles. The predicted molar refractivity (Wildman–Crippen MR) is 40.8 cm³/mol. The van der Waals surface area contributed by atoms with Gasteiger partial charge in [-0.25, -0.2) is 0 Å². The molecule has 0 amide bonds. The Kier molecular flexibility index (Phi) is 2.55. The lowest BCUT2D eigenvalue weighted by Crippen LogP contribution is -2.08. The molecule has 0 aromatic heterocycles. The first-order valence-corrected chi connectivity index (χ1v) is 3.39. The molecule has 1 aromatic rings. The standard InChI is InChI=1S/C8H6F3NO/c9-8(10,11)7-4-2-1-3-6(7)5-12-13/h1-5,13H. The summed E-state index contributed by atoms with van der Waals surface area (Å²) < 4.78 is 36.7. The van der Waals surface area contributed by atoms with Crippen molar-refractivity contribution in [3.8, 4) is 0 Å². The molecule has 13 heavy (non-hydrogen) atoms. The number of benzene rings is 1. The highest BCUT2D eigenvalue weighted by Gasteiger charge is 2.32. The van der Waals surface area contributed by atoms with Gasteiger partial charge in [0.2, 0.25) is 0 Å². The average molecular weight is 189 g/mol. The predicted octanol–water partition coefficient (Wildman–Crippen LogP) is 2.51. The molecular formula is C8H6F3NO. The van der Waals surface area contributed by atoms with E-state index in [1.807, 2.05) is 0 Å². The van der Waals surface area contributed by atoms with Crippen LogP contribution in [-0.2, 0) is 6.18 Å². The Morgan fingerprint density at radius 2 is 1.85 bits per heavy atom. The van der Waals surface area contributed by atoms with E-state index in [1.165, 1.54) is 18.2 Å². The van der Waals surface area contributed by atoms with E-state index in [2.05, 4.69) is 5.16 Å². The van der Waals surface area contributed by atoms with E-state index in [-0.39, 0.29) is 5.56 Å². The lowest BCUT2D eigenvalue weighted by molar-refractivity contribution is -0.137. The molecule has 0 spiro atoms. The molecule has 0 fully saturated rings. The van der Waals surface area contributed by atoms with Crippen LogP contribution in [0.15, 0.2) is 29.4 Å². The van der Waals surface area contributed by atoms with Crippen LogP contribution in [0.1, 0.15) is 11.1 Å². The minimum Gasteiger partial charge on any atom is -0.411 e. The Hall–Kier alpha value is -1.52. The summed E-state index contributed by atoms with van der Waals surface area (Å²) in [5.41, 5.74) is -0.967. The Morgan fingerprint density at radius 1 is 1.23 bits per heavy atom. The normalized spacial score (nSPS) is 12.2. The summed E-state index contributed by atoms with van der Waals surface area (Å²) in [7, 11) is 0. The number of rotatable bonds is 1. The molecule has 5 heteroatoms. The van der Waals surface area contributed by atoms with Gasteiger partial charge in [-0.1, -0.05) is 23.4 Å². The molecule has 0 bridgehead atoms. The van der Waals surface area contributed by atoms with Gasteiger partial charge < -0.3 is 5.21 Å². The van der Waals surface area contributed by atoms with Crippen molar-refractivity contribution in [3.63, 3.8) is 0 Å². The van der Waals surface area contributed by atoms with Crippen LogP contribution in [0.25, 0.3) is 0 Å². The quantitative estimate of drug-likeness (QED) is 0.411. The van der Waals surface area contributed by atoms with Gasteiger partial charge in [-0.05, 0) is 6.07 Å². The van der Waals surface area contributed by atoms with Crippen LogP contribution in [0.4, 0.5) is 13.2 Å². The van der Waals surface area contributed by atoms with Gasteiger partial charge in [0.25, 0.3) is 0 Å². The maximum Gasteiger partial charge on any atom is 0.417 e. The van der Waals surface area contributed by atoms with E-state index in [4.69, 9.17) is 5.21 Å². The van der Waals surface area contributed by atoms with Crippen LogP contribution in [0.2, 0.25) is 0 Å². The van der Waals surface area contributed by atoms with Gasteiger partial charge in [0.15, 0.2) is 0 Å². The Bertz CT molecular complexity index is 319. The first-order valence-electron chi connectivity index (χ1n) is 3.39. The monoisotopic (exact) mass is 189 g/mol. The van der Waals surface area contributed by atoms with Crippen molar-refractivity contribution >= 4 is 6.21 Å². The second kappa shape index (κ2) is 3.47. The number of halogens is 3. The molecule has 70 valence electrons. The highest BCUT2D eigenvalue weighted by molar-refractivity contribution is 5.81. The minimum atomic E-state index is -4.42. The molecule has 0 aliphatic rings. The van der Waals surface area contributed by atoms with Crippen molar-refractivity contribution < 1.29 is 18.4 Å². The zero-order valence-electron chi connectivity index (χ0n) is 6.42. The summed E-state index contributed by atoms with van der Waals surface area (Å²) >= 11 is 0. The van der Waals surface area contributed by atoms with Crippen molar-refractivity contribution in [3.05, 3.63) is 35.4 Å². The van der Waals surface area contributed by atoms with Crippen LogP contribution in [0.5, 0.6) is 0 Å². The molecule has 1 aromatic carbocycles. The fourth-order valence-corrected chi connectivity index (χ4v) is 0.930. The Labute approximate surface area is 72.3 Å². The molecular weight excluding hydrogens is 183 g/mol. The van der Waals surface area contributed by atoms with E-state index in [9.17, 15) is 13.2 Å². The van der Waals surface area contributed by atoms with Crippen molar-refractivity contribution in [1.29, 1.82) is 0 Å². The molecule has 0 unspecified atom stereocenters. The third kappa shape index (κ3) is 2.21. The highest BCUT2D eigenvalue weighted by Crippen LogP contribution is 2.30. The van der Waals surface area contributed by atoms with Gasteiger partial charge >= 0.3 is 6.18 Å². The second-order valence-electron chi connectivity index (χ2n) is 2.33. The summed E-state index contributed by atoms with van der Waals surface area (Å²) in [6.45, 7) is 0. The van der Waals surface area contributed by atoms with Crippen LogP contribution in [0, 0.1) is 0 Å². The van der Waals surface area contributed by atoms with Gasteiger partial charge in [-0.15, -0.1) is 0 Å². The summed E-state index contributed by atoms with van der Waals surface area (Å²) in [5.74, 6) is 0. The molecule has 0 saturated heterocycles. The number of hydrogen-bond acceptors (Lipinski definition) is 2. The van der Waals surface area contributed by atoms with Gasteiger partial charge in [-0.3, -0.25) is 0 Å². The van der Waals surface area contributed by atoms with E-state index in [0.717, 1.165) is 12.3 Å². The van der Waals surface area contributed by atoms with Gasteiger partial charge in [0.05, 0.1) is 11.8 Å². The van der Waals surface area contributed by atoms with Gasteiger partial charge in [0.1, 0.15) is 0 Å². The second-order valence-corrected chi connectivity index (χ2v) is 2.33. The van der Waals surface area contributed by atoms with Gasteiger partial charge in [-0.2, -0.15) is 13.2 Å². The van der Waals surface area contributed by atoms with Gasteiger partial charge in [0, 0.05) is 5.56 Å². The van der Waals surface area contributed by atoms with Crippen molar-refractivity contribution in [1.82, 2.24) is 0 Å². The molecule has 2 nitrogen and oxygen atoms in total. The number of alkyl halides is 3. The minimum absolute atomic E-state index is 0.155. The van der Waals surface area contributed by atoms with Crippen molar-refractivity contribution in [2.45, 2.75) is 6.18 Å². The van der Waals surface area contributed by atoms with E-state index in [0.29, 0.717) is 0 Å². The molecule has 0 saturated carbocycles. The van der Waals surface area contributed by atoms with E-state index < -0.39 is 11.7 Å². The zero-order valence-corrected chi connectivity index (χ0v) is 6.42. The number of nitrogens with zero attached hydrogens (tertiary/aromatic N) is 1. The molecule has 0 atom stereocenters. The number of hydrogen-bond donors (Lipinski definition) is 1. The molecule has 0 radical (unpaired) electrons. The lowest BCUT2D eigenvalue weighted by atomic mass is 10.1. The van der Waals surface area contributed by atoms with Crippen molar-refractivity contribution in [2.24, 2.45) is 5.16 Å².